The SMILES string of the molecule is Cc1ccc(NC(=O)CCN2C(=O)CS[C@H]2c2ccccc2F)cc1. The van der Waals surface area contributed by atoms with Gasteiger partial charge >= 0.3 is 0 Å². The van der Waals surface area contributed by atoms with E-state index in [0.29, 0.717) is 11.3 Å². The second-order valence-electron chi connectivity index (χ2n) is 5.94. The summed E-state index contributed by atoms with van der Waals surface area (Å²) in [6.07, 6.45) is 0.172. The van der Waals surface area contributed by atoms with Gasteiger partial charge in [0.25, 0.3) is 0 Å². The number of anilines is 1. The second kappa shape index (κ2) is 7.70. The first-order valence-electron chi connectivity index (χ1n) is 8.06. The minimum Gasteiger partial charge on any atom is -0.326 e. The molecule has 1 fully saturated rings. The van der Waals surface area contributed by atoms with Gasteiger partial charge in [-0.15, -0.1) is 11.8 Å². The Morgan fingerprint density at radius 3 is 2.68 bits per heavy atom. The highest BCUT2D eigenvalue weighted by Crippen LogP contribution is 2.39. The van der Waals surface area contributed by atoms with E-state index in [-0.39, 0.29) is 36.0 Å². The Morgan fingerprint density at radius 1 is 1.24 bits per heavy atom. The van der Waals surface area contributed by atoms with E-state index in [1.807, 2.05) is 31.2 Å². The molecule has 2 aromatic rings. The predicted molar refractivity (Wildman–Crippen MR) is 97.7 cm³/mol. The molecule has 3 rings (SSSR count). The van der Waals surface area contributed by atoms with E-state index >= 15 is 0 Å². The molecule has 0 saturated carbocycles. The lowest BCUT2D eigenvalue weighted by Gasteiger charge is -2.24. The molecular formula is C19H19FN2O2S. The minimum atomic E-state index is -0.374. The Morgan fingerprint density at radius 2 is 1.96 bits per heavy atom. The molecule has 130 valence electrons. The number of hydrogen-bond acceptors (Lipinski definition) is 3. The number of halogens is 1. The third-order valence-electron chi connectivity index (χ3n) is 4.05. The molecular weight excluding hydrogens is 339 g/mol. The first-order chi connectivity index (χ1) is 12.0. The summed E-state index contributed by atoms with van der Waals surface area (Å²) in [5, 5.41) is 2.44. The highest BCUT2D eigenvalue weighted by molar-refractivity contribution is 8.00. The van der Waals surface area contributed by atoms with Crippen LogP contribution in [0.25, 0.3) is 0 Å². The van der Waals surface area contributed by atoms with Gasteiger partial charge < -0.3 is 10.2 Å². The second-order valence-corrected chi connectivity index (χ2v) is 7.00. The number of aryl methyl sites for hydroxylation is 1. The van der Waals surface area contributed by atoms with Crippen molar-refractivity contribution in [2.45, 2.75) is 18.7 Å². The van der Waals surface area contributed by atoms with Crippen molar-refractivity contribution in [1.82, 2.24) is 4.90 Å². The van der Waals surface area contributed by atoms with E-state index < -0.39 is 0 Å². The number of amides is 2. The quantitative estimate of drug-likeness (QED) is 0.886. The maximum Gasteiger partial charge on any atom is 0.233 e. The predicted octanol–water partition coefficient (Wildman–Crippen LogP) is 3.74. The van der Waals surface area contributed by atoms with Crippen LogP contribution >= 0.6 is 11.8 Å². The maximum absolute atomic E-state index is 14.0. The summed E-state index contributed by atoms with van der Waals surface area (Å²) in [5.41, 5.74) is 2.33. The number of carbonyl (C=O) groups excluding carboxylic acids is 2. The fourth-order valence-electron chi connectivity index (χ4n) is 2.71. The van der Waals surface area contributed by atoms with E-state index in [1.165, 1.54) is 17.8 Å². The maximum atomic E-state index is 14.0. The molecule has 1 atom stereocenters. The monoisotopic (exact) mass is 358 g/mol. The number of nitrogens with zero attached hydrogens (tertiary/aromatic N) is 1. The molecule has 0 unspecified atom stereocenters. The zero-order valence-electron chi connectivity index (χ0n) is 13.9. The Balaban J connectivity index is 1.62. The van der Waals surface area contributed by atoms with Gasteiger partial charge in [-0.25, -0.2) is 4.39 Å². The van der Waals surface area contributed by atoms with Gasteiger partial charge in [0.2, 0.25) is 11.8 Å². The fraction of sp³-hybridized carbons (Fsp3) is 0.263. The molecule has 1 N–H and O–H groups in total. The van der Waals surface area contributed by atoms with Gasteiger partial charge in [0, 0.05) is 24.2 Å². The van der Waals surface area contributed by atoms with Gasteiger partial charge in [0.1, 0.15) is 11.2 Å². The fourth-order valence-corrected chi connectivity index (χ4v) is 3.95. The van der Waals surface area contributed by atoms with E-state index in [0.717, 1.165) is 11.3 Å². The number of nitrogens with one attached hydrogen (secondary N) is 1. The molecule has 1 saturated heterocycles. The Kier molecular flexibility index (Phi) is 5.38. The summed E-state index contributed by atoms with van der Waals surface area (Å²) < 4.78 is 14.0. The van der Waals surface area contributed by atoms with Crippen molar-refractivity contribution in [3.63, 3.8) is 0 Å². The van der Waals surface area contributed by atoms with Crippen molar-refractivity contribution in [2.24, 2.45) is 0 Å². The van der Waals surface area contributed by atoms with Crippen LogP contribution in [0.15, 0.2) is 48.5 Å². The van der Waals surface area contributed by atoms with Crippen LogP contribution in [0.2, 0.25) is 0 Å². The van der Waals surface area contributed by atoms with Gasteiger partial charge in [-0.2, -0.15) is 0 Å². The molecule has 2 aromatic carbocycles. The third-order valence-corrected chi connectivity index (χ3v) is 5.29. The summed E-state index contributed by atoms with van der Waals surface area (Å²) in [6.45, 7) is 2.24. The van der Waals surface area contributed by atoms with Crippen molar-refractivity contribution in [3.8, 4) is 0 Å². The minimum absolute atomic E-state index is 0.0682. The molecule has 0 aliphatic carbocycles. The molecule has 0 bridgehead atoms. The number of hydrogen-bond donors (Lipinski definition) is 1. The average Bonchev–Trinajstić information content (AvgIpc) is 2.96. The van der Waals surface area contributed by atoms with Gasteiger partial charge in [0.15, 0.2) is 0 Å². The highest BCUT2D eigenvalue weighted by atomic mass is 32.2. The molecule has 0 spiro atoms. The standard InChI is InChI=1S/C19H19FN2O2S/c1-13-6-8-14(9-7-13)21-17(23)10-11-22-18(24)12-25-19(22)15-4-2-3-5-16(15)20/h2-9,19H,10-12H2,1H3,(H,21,23)/t19-/m0/s1. The van der Waals surface area contributed by atoms with Gasteiger partial charge in [-0.05, 0) is 25.1 Å². The van der Waals surface area contributed by atoms with Crippen LogP contribution in [0, 0.1) is 12.7 Å². The summed E-state index contributed by atoms with van der Waals surface area (Å²) in [6, 6.07) is 14.0. The first-order valence-corrected chi connectivity index (χ1v) is 9.11. The molecule has 6 heteroatoms. The summed E-state index contributed by atoms with van der Waals surface area (Å²) in [7, 11) is 0. The summed E-state index contributed by atoms with van der Waals surface area (Å²) in [4.78, 5) is 25.9. The van der Waals surface area contributed by atoms with Gasteiger partial charge in [0.05, 0.1) is 5.75 Å². The van der Waals surface area contributed by atoms with E-state index in [9.17, 15) is 14.0 Å². The normalized spacial score (nSPS) is 17.0. The Labute approximate surface area is 150 Å². The summed E-state index contributed by atoms with van der Waals surface area (Å²) in [5.74, 6) is -0.260. The van der Waals surface area contributed by atoms with Crippen molar-refractivity contribution in [3.05, 3.63) is 65.5 Å². The number of thioether (sulfide) groups is 1. The average molecular weight is 358 g/mol. The molecule has 25 heavy (non-hydrogen) atoms. The molecule has 1 aliphatic rings. The lowest BCUT2D eigenvalue weighted by atomic mass is 10.2. The van der Waals surface area contributed by atoms with Crippen LogP contribution < -0.4 is 5.32 Å². The van der Waals surface area contributed by atoms with E-state index in [2.05, 4.69) is 5.32 Å². The molecule has 0 radical (unpaired) electrons. The zero-order chi connectivity index (χ0) is 17.8. The van der Waals surface area contributed by atoms with Gasteiger partial charge in [-0.1, -0.05) is 35.9 Å². The molecule has 2 amide bonds. The smallest absolute Gasteiger partial charge is 0.233 e. The molecule has 0 aromatic heterocycles. The largest absolute Gasteiger partial charge is 0.326 e. The van der Waals surface area contributed by atoms with Crippen molar-refractivity contribution in [1.29, 1.82) is 0 Å². The summed E-state index contributed by atoms with van der Waals surface area (Å²) >= 11 is 1.39. The van der Waals surface area contributed by atoms with E-state index in [1.54, 1.807) is 23.1 Å². The number of rotatable bonds is 5. The van der Waals surface area contributed by atoms with Gasteiger partial charge in [-0.3, -0.25) is 9.59 Å². The zero-order valence-corrected chi connectivity index (χ0v) is 14.7. The van der Waals surface area contributed by atoms with Crippen LogP contribution in [-0.4, -0.2) is 29.0 Å². The Bertz CT molecular complexity index is 779. The van der Waals surface area contributed by atoms with Crippen molar-refractivity contribution >= 4 is 29.3 Å². The number of carbonyl (C=O) groups is 2. The first kappa shape index (κ1) is 17.5. The lowest BCUT2D eigenvalue weighted by Crippen LogP contribution is -2.31. The van der Waals surface area contributed by atoms with Crippen LogP contribution in [0.5, 0.6) is 0 Å². The Hall–Kier alpha value is -2.34. The van der Waals surface area contributed by atoms with Crippen molar-refractivity contribution in [2.75, 3.05) is 17.6 Å². The van der Waals surface area contributed by atoms with Crippen LogP contribution in [0.4, 0.5) is 10.1 Å². The third kappa shape index (κ3) is 4.20. The highest BCUT2D eigenvalue weighted by Gasteiger charge is 2.34. The van der Waals surface area contributed by atoms with Crippen molar-refractivity contribution < 1.29 is 14.0 Å². The lowest BCUT2D eigenvalue weighted by molar-refractivity contribution is -0.128. The van der Waals surface area contributed by atoms with Crippen LogP contribution in [0.1, 0.15) is 22.9 Å². The molecule has 1 aliphatic heterocycles. The number of benzene rings is 2. The van der Waals surface area contributed by atoms with Crippen LogP contribution in [0.3, 0.4) is 0 Å². The molecule has 1 heterocycles. The van der Waals surface area contributed by atoms with Crippen LogP contribution in [-0.2, 0) is 9.59 Å². The molecule has 4 nitrogen and oxygen atoms in total. The topological polar surface area (TPSA) is 49.4 Å². The van der Waals surface area contributed by atoms with E-state index in [4.69, 9.17) is 0 Å².